The lowest BCUT2D eigenvalue weighted by Crippen LogP contribution is -2.49. The minimum absolute atomic E-state index is 0.558. The van der Waals surface area contributed by atoms with Crippen LogP contribution in [0.3, 0.4) is 0 Å². The summed E-state index contributed by atoms with van der Waals surface area (Å²) >= 11 is 0. The van der Waals surface area contributed by atoms with Gasteiger partial charge >= 0.3 is 0 Å². The monoisotopic (exact) mass is 284 g/mol. The Kier molecular flexibility index (Phi) is 3.18. The molecule has 0 N–H and O–H groups in total. The van der Waals surface area contributed by atoms with Gasteiger partial charge in [0.05, 0.1) is 0 Å². The van der Waals surface area contributed by atoms with Crippen LogP contribution in [-0.4, -0.2) is 0 Å². The predicted molar refractivity (Wildman–Crippen MR) is 90.1 cm³/mol. The van der Waals surface area contributed by atoms with Crippen LogP contribution in [0, 0.1) is 28.6 Å². The van der Waals surface area contributed by atoms with E-state index in [9.17, 15) is 0 Å². The Labute approximate surface area is 131 Å². The third-order valence-electron chi connectivity index (χ3n) is 8.22. The van der Waals surface area contributed by atoms with E-state index in [1.807, 2.05) is 5.57 Å². The lowest BCUT2D eigenvalue weighted by molar-refractivity contribution is -0.0255. The molecule has 0 aromatic heterocycles. The molecule has 0 aromatic rings. The van der Waals surface area contributed by atoms with Crippen LogP contribution in [-0.2, 0) is 0 Å². The zero-order chi connectivity index (χ0) is 14.7. The van der Waals surface area contributed by atoms with Crippen molar-refractivity contribution in [3.05, 3.63) is 23.3 Å². The van der Waals surface area contributed by atoms with Crippen LogP contribution < -0.4 is 0 Å². The van der Waals surface area contributed by atoms with E-state index in [1.165, 1.54) is 57.8 Å². The van der Waals surface area contributed by atoms with Gasteiger partial charge in [-0.25, -0.2) is 0 Å². The molecule has 0 aliphatic heterocycles. The molecule has 4 aliphatic rings. The molecule has 3 saturated carbocycles. The van der Waals surface area contributed by atoms with Crippen LogP contribution in [0.1, 0.15) is 78.6 Å². The maximum absolute atomic E-state index is 2.63. The minimum atomic E-state index is 0.558. The van der Waals surface area contributed by atoms with Gasteiger partial charge in [-0.3, -0.25) is 0 Å². The van der Waals surface area contributed by atoms with Gasteiger partial charge < -0.3 is 0 Å². The van der Waals surface area contributed by atoms with Gasteiger partial charge in [0.1, 0.15) is 0 Å². The van der Waals surface area contributed by atoms with Crippen molar-refractivity contribution in [2.24, 2.45) is 28.6 Å². The van der Waals surface area contributed by atoms with Gasteiger partial charge in [0.2, 0.25) is 0 Å². The fourth-order valence-corrected chi connectivity index (χ4v) is 7.08. The Balaban J connectivity index is 1.69. The maximum atomic E-state index is 2.63. The van der Waals surface area contributed by atoms with E-state index in [2.05, 4.69) is 32.9 Å². The first-order valence-corrected chi connectivity index (χ1v) is 9.45. The largest absolute Gasteiger partial charge is 0.0879 e. The molecular weight excluding hydrogens is 252 g/mol. The number of hydrogen-bond donors (Lipinski definition) is 0. The van der Waals surface area contributed by atoms with Crippen LogP contribution >= 0.6 is 0 Å². The van der Waals surface area contributed by atoms with E-state index in [0.29, 0.717) is 10.8 Å². The summed E-state index contributed by atoms with van der Waals surface area (Å²) in [5, 5.41) is 0. The molecule has 3 fully saturated rings. The Hall–Kier alpha value is -0.520. The number of hydrogen-bond acceptors (Lipinski definition) is 0. The van der Waals surface area contributed by atoms with Gasteiger partial charge in [-0.05, 0) is 93.3 Å². The van der Waals surface area contributed by atoms with Crippen molar-refractivity contribution in [3.63, 3.8) is 0 Å². The minimum Gasteiger partial charge on any atom is -0.0879 e. The van der Waals surface area contributed by atoms with E-state index < -0.39 is 0 Å². The van der Waals surface area contributed by atoms with Gasteiger partial charge in [0.25, 0.3) is 0 Å². The average molecular weight is 284 g/mol. The summed E-state index contributed by atoms with van der Waals surface area (Å²) in [7, 11) is 0. The molecule has 4 rings (SSSR count). The average Bonchev–Trinajstić information content (AvgIpc) is 2.83. The molecule has 0 radical (unpaired) electrons. The molecule has 116 valence electrons. The number of allylic oxidation sites excluding steroid dienone is 4. The molecule has 0 amide bonds. The SMILES string of the molecule is CC=C1CC[C@@H]2[C@@H]3CCC4=CCCC[C@]4(C)[C@H]3CC[C@]12C. The van der Waals surface area contributed by atoms with Crippen LogP contribution in [0.4, 0.5) is 0 Å². The van der Waals surface area contributed by atoms with Crippen molar-refractivity contribution < 1.29 is 0 Å². The normalized spacial score (nSPS) is 51.1. The summed E-state index contributed by atoms with van der Waals surface area (Å²) in [6.07, 6.45) is 18.1. The van der Waals surface area contributed by atoms with Crippen molar-refractivity contribution in [1.29, 1.82) is 0 Å². The highest BCUT2D eigenvalue weighted by atomic mass is 14.6. The second-order valence-corrected chi connectivity index (χ2v) is 8.76. The lowest BCUT2D eigenvalue weighted by atomic mass is 9.47. The van der Waals surface area contributed by atoms with Crippen molar-refractivity contribution >= 4 is 0 Å². The maximum Gasteiger partial charge on any atom is -0.00853 e. The molecular formula is C21H32. The Morgan fingerprint density at radius 1 is 1.00 bits per heavy atom. The smallest absolute Gasteiger partial charge is 0.00853 e. The van der Waals surface area contributed by atoms with Crippen molar-refractivity contribution in [2.45, 2.75) is 78.6 Å². The van der Waals surface area contributed by atoms with E-state index in [-0.39, 0.29) is 0 Å². The van der Waals surface area contributed by atoms with E-state index in [4.69, 9.17) is 0 Å². The fourth-order valence-electron chi connectivity index (χ4n) is 7.08. The quantitative estimate of drug-likeness (QED) is 0.459. The van der Waals surface area contributed by atoms with Crippen LogP contribution in [0.15, 0.2) is 23.3 Å². The first-order valence-electron chi connectivity index (χ1n) is 9.45. The topological polar surface area (TPSA) is 0 Å². The Morgan fingerprint density at radius 3 is 2.62 bits per heavy atom. The molecule has 0 nitrogen and oxygen atoms in total. The first kappa shape index (κ1) is 14.1. The molecule has 21 heavy (non-hydrogen) atoms. The van der Waals surface area contributed by atoms with Crippen molar-refractivity contribution in [3.8, 4) is 0 Å². The molecule has 0 heterocycles. The van der Waals surface area contributed by atoms with Crippen LogP contribution in [0.2, 0.25) is 0 Å². The van der Waals surface area contributed by atoms with E-state index >= 15 is 0 Å². The van der Waals surface area contributed by atoms with E-state index in [0.717, 1.165) is 17.8 Å². The third kappa shape index (κ3) is 1.80. The summed E-state index contributed by atoms with van der Waals surface area (Å²) in [6.45, 7) is 7.51. The highest BCUT2D eigenvalue weighted by Gasteiger charge is 2.56. The van der Waals surface area contributed by atoms with E-state index in [1.54, 1.807) is 5.57 Å². The van der Waals surface area contributed by atoms with Crippen LogP contribution in [0.5, 0.6) is 0 Å². The molecule has 0 spiro atoms. The molecule has 0 bridgehead atoms. The molecule has 0 saturated heterocycles. The zero-order valence-corrected chi connectivity index (χ0v) is 14.3. The van der Waals surface area contributed by atoms with Gasteiger partial charge in [-0.1, -0.05) is 37.1 Å². The molecule has 0 aromatic carbocycles. The van der Waals surface area contributed by atoms with Crippen molar-refractivity contribution in [1.82, 2.24) is 0 Å². The summed E-state index contributed by atoms with van der Waals surface area (Å²) in [5.41, 5.74) is 4.77. The highest BCUT2D eigenvalue weighted by Crippen LogP contribution is 2.66. The molecule has 5 atom stereocenters. The lowest BCUT2D eigenvalue weighted by Gasteiger charge is -2.57. The second kappa shape index (κ2) is 4.74. The summed E-state index contributed by atoms with van der Waals surface area (Å²) in [5.74, 6) is 3.00. The Morgan fingerprint density at radius 2 is 1.81 bits per heavy atom. The summed E-state index contributed by atoms with van der Waals surface area (Å²) in [4.78, 5) is 0. The zero-order valence-electron chi connectivity index (χ0n) is 14.3. The summed E-state index contributed by atoms with van der Waals surface area (Å²) < 4.78 is 0. The van der Waals surface area contributed by atoms with Crippen molar-refractivity contribution in [2.75, 3.05) is 0 Å². The Bertz CT molecular complexity index is 496. The predicted octanol–water partition coefficient (Wildman–Crippen LogP) is 6.29. The molecule has 4 aliphatic carbocycles. The number of fused-ring (bicyclic) bond motifs is 5. The van der Waals surface area contributed by atoms with Gasteiger partial charge in [0.15, 0.2) is 0 Å². The standard InChI is InChI=1S/C21H32/c1-4-15-9-11-18-17-10-8-16-7-5-6-13-20(16,2)19(17)12-14-21(15,18)3/h4,7,17-19H,5-6,8-14H2,1-3H3/t17-,18+,19-,20-,21+/m0/s1. The fraction of sp³-hybridized carbons (Fsp3) is 0.810. The highest BCUT2D eigenvalue weighted by molar-refractivity contribution is 5.28. The van der Waals surface area contributed by atoms with Gasteiger partial charge in [0, 0.05) is 0 Å². The number of rotatable bonds is 0. The third-order valence-corrected chi connectivity index (χ3v) is 8.22. The van der Waals surface area contributed by atoms with Crippen LogP contribution in [0.25, 0.3) is 0 Å². The molecule has 0 heteroatoms. The van der Waals surface area contributed by atoms with Gasteiger partial charge in [-0.2, -0.15) is 0 Å². The summed E-state index contributed by atoms with van der Waals surface area (Å²) in [6, 6.07) is 0. The van der Waals surface area contributed by atoms with Gasteiger partial charge in [-0.15, -0.1) is 0 Å². The second-order valence-electron chi connectivity index (χ2n) is 8.76. The first-order chi connectivity index (χ1) is 10.1. The molecule has 0 unspecified atom stereocenters.